The number of hydrogen-bond donors (Lipinski definition) is 1. The van der Waals surface area contributed by atoms with Gasteiger partial charge in [0.15, 0.2) is 0 Å². The lowest BCUT2D eigenvalue weighted by Crippen LogP contribution is -2.39. The van der Waals surface area contributed by atoms with Crippen molar-refractivity contribution in [2.24, 2.45) is 5.41 Å². The summed E-state index contributed by atoms with van der Waals surface area (Å²) in [6.07, 6.45) is 4.83. The molecule has 1 fully saturated rings. The quantitative estimate of drug-likeness (QED) is 0.523. The summed E-state index contributed by atoms with van der Waals surface area (Å²) in [5.74, 6) is 0.800. The molecule has 2 rings (SSSR count). The number of nitrogens with zero attached hydrogens (tertiary/aromatic N) is 2. The zero-order chi connectivity index (χ0) is 15.5. The standard InChI is InChI=1S/C15H22N2O3S/c1-10-8-12(21-3)17-13(16-10)11-4-6-15(9-18,7-5-11)14(19)20-2/h8,11,18H,4-7,9H2,1-3H3. The molecule has 0 spiro atoms. The van der Waals surface area contributed by atoms with Gasteiger partial charge in [-0.15, -0.1) is 11.8 Å². The molecule has 1 heterocycles. The molecule has 0 amide bonds. The summed E-state index contributed by atoms with van der Waals surface area (Å²) in [5.41, 5.74) is 0.230. The first-order valence-corrected chi connectivity index (χ1v) is 8.36. The van der Waals surface area contributed by atoms with Crippen molar-refractivity contribution < 1.29 is 14.6 Å². The molecular weight excluding hydrogens is 288 g/mol. The molecule has 0 aliphatic heterocycles. The molecule has 0 atom stereocenters. The van der Waals surface area contributed by atoms with Crippen LogP contribution in [-0.4, -0.2) is 41.0 Å². The number of aliphatic hydroxyl groups is 1. The van der Waals surface area contributed by atoms with Crippen molar-refractivity contribution in [2.75, 3.05) is 20.0 Å². The van der Waals surface area contributed by atoms with E-state index < -0.39 is 5.41 Å². The Morgan fingerprint density at radius 2 is 2.14 bits per heavy atom. The largest absolute Gasteiger partial charge is 0.469 e. The van der Waals surface area contributed by atoms with E-state index in [2.05, 4.69) is 9.97 Å². The average Bonchev–Trinajstić information content (AvgIpc) is 2.53. The first-order chi connectivity index (χ1) is 10.0. The Hall–Kier alpha value is -1.14. The van der Waals surface area contributed by atoms with Crippen molar-refractivity contribution in [1.29, 1.82) is 0 Å². The van der Waals surface area contributed by atoms with Gasteiger partial charge in [0.2, 0.25) is 0 Å². The van der Waals surface area contributed by atoms with Crippen LogP contribution in [0.3, 0.4) is 0 Å². The van der Waals surface area contributed by atoms with E-state index in [1.807, 2.05) is 19.2 Å². The number of esters is 1. The van der Waals surface area contributed by atoms with Gasteiger partial charge >= 0.3 is 5.97 Å². The molecule has 0 aromatic carbocycles. The maximum Gasteiger partial charge on any atom is 0.314 e. The molecule has 1 saturated carbocycles. The van der Waals surface area contributed by atoms with E-state index in [0.29, 0.717) is 12.8 Å². The summed E-state index contributed by atoms with van der Waals surface area (Å²) in [7, 11) is 1.38. The SMILES string of the molecule is COC(=O)C1(CO)CCC(c2nc(C)cc(SC)n2)CC1. The maximum absolute atomic E-state index is 11.9. The van der Waals surface area contributed by atoms with Gasteiger partial charge in [-0.1, -0.05) is 0 Å². The summed E-state index contributed by atoms with van der Waals surface area (Å²) >= 11 is 1.61. The normalized spacial score (nSPS) is 25.6. The number of aryl methyl sites for hydroxylation is 1. The molecule has 5 nitrogen and oxygen atoms in total. The van der Waals surface area contributed by atoms with Crippen LogP contribution >= 0.6 is 11.8 Å². The van der Waals surface area contributed by atoms with Gasteiger partial charge < -0.3 is 9.84 Å². The molecule has 0 radical (unpaired) electrons. The van der Waals surface area contributed by atoms with Crippen LogP contribution in [0.5, 0.6) is 0 Å². The molecule has 1 aliphatic carbocycles. The van der Waals surface area contributed by atoms with Crippen LogP contribution in [0, 0.1) is 12.3 Å². The number of methoxy groups -OCH3 is 1. The first kappa shape index (κ1) is 16.2. The summed E-state index contributed by atoms with van der Waals surface area (Å²) < 4.78 is 4.85. The third kappa shape index (κ3) is 3.37. The fourth-order valence-electron chi connectivity index (χ4n) is 2.92. The van der Waals surface area contributed by atoms with Gasteiger partial charge in [-0.05, 0) is 44.9 Å². The number of hydrogen-bond acceptors (Lipinski definition) is 6. The number of thioether (sulfide) groups is 1. The number of aliphatic hydroxyl groups excluding tert-OH is 1. The van der Waals surface area contributed by atoms with E-state index in [1.54, 1.807) is 11.8 Å². The van der Waals surface area contributed by atoms with E-state index in [4.69, 9.17) is 4.74 Å². The highest BCUT2D eigenvalue weighted by atomic mass is 32.2. The molecule has 1 aromatic rings. The summed E-state index contributed by atoms with van der Waals surface area (Å²) in [6, 6.07) is 1.98. The highest BCUT2D eigenvalue weighted by molar-refractivity contribution is 7.98. The molecule has 1 aliphatic rings. The second-order valence-electron chi connectivity index (χ2n) is 5.61. The van der Waals surface area contributed by atoms with E-state index >= 15 is 0 Å². The fourth-order valence-corrected chi connectivity index (χ4v) is 3.39. The van der Waals surface area contributed by atoms with Gasteiger partial charge in [0.05, 0.1) is 24.2 Å². The van der Waals surface area contributed by atoms with Crippen molar-refractivity contribution in [3.8, 4) is 0 Å². The van der Waals surface area contributed by atoms with Crippen LogP contribution in [0.1, 0.15) is 43.1 Å². The Morgan fingerprint density at radius 3 is 2.67 bits per heavy atom. The monoisotopic (exact) mass is 310 g/mol. The molecule has 21 heavy (non-hydrogen) atoms. The minimum absolute atomic E-state index is 0.156. The smallest absolute Gasteiger partial charge is 0.314 e. The lowest BCUT2D eigenvalue weighted by Gasteiger charge is -2.35. The Morgan fingerprint density at radius 1 is 1.48 bits per heavy atom. The van der Waals surface area contributed by atoms with Crippen LogP contribution in [0.2, 0.25) is 0 Å². The summed E-state index contributed by atoms with van der Waals surface area (Å²) in [4.78, 5) is 21.0. The van der Waals surface area contributed by atoms with Crippen LogP contribution in [0.25, 0.3) is 0 Å². The van der Waals surface area contributed by atoms with Crippen molar-refractivity contribution in [3.05, 3.63) is 17.6 Å². The number of carbonyl (C=O) groups is 1. The predicted molar refractivity (Wildman–Crippen MR) is 81.3 cm³/mol. The molecule has 1 N–H and O–H groups in total. The van der Waals surface area contributed by atoms with Crippen LogP contribution < -0.4 is 0 Å². The van der Waals surface area contributed by atoms with E-state index in [-0.39, 0.29) is 18.5 Å². The Balaban J connectivity index is 2.13. The maximum atomic E-state index is 11.9. The van der Waals surface area contributed by atoms with E-state index in [9.17, 15) is 9.90 Å². The highest BCUT2D eigenvalue weighted by Crippen LogP contribution is 2.43. The van der Waals surface area contributed by atoms with Crippen LogP contribution in [0.4, 0.5) is 0 Å². The van der Waals surface area contributed by atoms with Crippen molar-refractivity contribution in [1.82, 2.24) is 9.97 Å². The Bertz CT molecular complexity index is 514. The van der Waals surface area contributed by atoms with Gasteiger partial charge in [-0.2, -0.15) is 0 Å². The summed E-state index contributed by atoms with van der Waals surface area (Å²) in [6.45, 7) is 1.82. The van der Waals surface area contributed by atoms with Crippen LogP contribution in [0.15, 0.2) is 11.1 Å². The zero-order valence-corrected chi connectivity index (χ0v) is 13.6. The number of rotatable bonds is 4. The zero-order valence-electron chi connectivity index (χ0n) is 12.8. The molecule has 0 bridgehead atoms. The Kier molecular flexibility index (Phi) is 5.22. The second kappa shape index (κ2) is 6.75. The van der Waals surface area contributed by atoms with Gasteiger partial charge in [-0.3, -0.25) is 4.79 Å². The lowest BCUT2D eigenvalue weighted by molar-refractivity contribution is -0.158. The van der Waals surface area contributed by atoms with Crippen molar-refractivity contribution >= 4 is 17.7 Å². The summed E-state index contributed by atoms with van der Waals surface area (Å²) in [5, 5.41) is 10.6. The van der Waals surface area contributed by atoms with Crippen molar-refractivity contribution in [3.63, 3.8) is 0 Å². The molecule has 116 valence electrons. The molecule has 6 heteroatoms. The number of ether oxygens (including phenoxy) is 1. The van der Waals surface area contributed by atoms with E-state index in [0.717, 1.165) is 29.4 Å². The second-order valence-corrected chi connectivity index (χ2v) is 6.44. The van der Waals surface area contributed by atoms with E-state index in [1.165, 1.54) is 7.11 Å². The lowest BCUT2D eigenvalue weighted by atomic mass is 9.70. The fraction of sp³-hybridized carbons (Fsp3) is 0.667. The number of aromatic nitrogens is 2. The van der Waals surface area contributed by atoms with Gasteiger partial charge in [0.25, 0.3) is 0 Å². The third-order valence-electron chi connectivity index (χ3n) is 4.29. The van der Waals surface area contributed by atoms with Gasteiger partial charge in [0.1, 0.15) is 5.82 Å². The molecule has 1 aromatic heterocycles. The van der Waals surface area contributed by atoms with Crippen LogP contribution in [-0.2, 0) is 9.53 Å². The van der Waals surface area contributed by atoms with Crippen molar-refractivity contribution in [2.45, 2.75) is 43.6 Å². The number of carbonyl (C=O) groups excluding carboxylic acids is 1. The topological polar surface area (TPSA) is 72.3 Å². The Labute approximate surface area is 129 Å². The molecular formula is C15H22N2O3S. The highest BCUT2D eigenvalue weighted by Gasteiger charge is 2.43. The van der Waals surface area contributed by atoms with Gasteiger partial charge in [-0.25, -0.2) is 9.97 Å². The van der Waals surface area contributed by atoms with Gasteiger partial charge in [0, 0.05) is 11.6 Å². The molecule has 0 saturated heterocycles. The minimum atomic E-state index is -0.739. The first-order valence-electron chi connectivity index (χ1n) is 7.13. The predicted octanol–water partition coefficient (Wildman–Crippen LogP) is 2.32. The average molecular weight is 310 g/mol. The third-order valence-corrected chi connectivity index (χ3v) is 4.91. The minimum Gasteiger partial charge on any atom is -0.469 e. The molecule has 0 unspecified atom stereocenters.